The molecule has 2 aromatic heterocycles. The molecule has 10 heteroatoms. The highest BCUT2D eigenvalue weighted by Gasteiger charge is 2.18. The van der Waals surface area contributed by atoms with Crippen LogP contribution in [0.25, 0.3) is 16.4 Å². The van der Waals surface area contributed by atoms with E-state index in [4.69, 9.17) is 14.2 Å². The van der Waals surface area contributed by atoms with Gasteiger partial charge in [0, 0.05) is 11.8 Å². The fourth-order valence-electron chi connectivity index (χ4n) is 3.13. The lowest BCUT2D eigenvalue weighted by Gasteiger charge is -2.11. The molecule has 0 saturated heterocycles. The van der Waals surface area contributed by atoms with Gasteiger partial charge in [-0.2, -0.15) is 0 Å². The minimum Gasteiger partial charge on any atom is -0.497 e. The van der Waals surface area contributed by atoms with Gasteiger partial charge in [-0.05, 0) is 47.8 Å². The monoisotopic (exact) mass is 482 g/mol. The van der Waals surface area contributed by atoms with Crippen molar-refractivity contribution in [2.45, 2.75) is 5.16 Å². The number of benzene rings is 2. The Hall–Kier alpha value is -3.50. The Labute approximate surface area is 199 Å². The maximum absolute atomic E-state index is 12.6. The molecular weight excluding hydrogens is 460 g/mol. The summed E-state index contributed by atoms with van der Waals surface area (Å²) in [6.45, 7) is 0. The van der Waals surface area contributed by atoms with Crippen LogP contribution in [-0.4, -0.2) is 47.8 Å². The molecule has 0 fully saturated rings. The van der Waals surface area contributed by atoms with Gasteiger partial charge < -0.3 is 19.5 Å². The first-order valence-electron chi connectivity index (χ1n) is 9.91. The van der Waals surface area contributed by atoms with Crippen molar-refractivity contribution < 1.29 is 19.0 Å². The zero-order valence-corrected chi connectivity index (χ0v) is 19.9. The molecule has 0 aliphatic heterocycles. The smallest absolute Gasteiger partial charge is 0.234 e. The van der Waals surface area contributed by atoms with Crippen LogP contribution in [0.3, 0.4) is 0 Å². The summed E-state index contributed by atoms with van der Waals surface area (Å²) in [6.07, 6.45) is 0. The number of ether oxygens (including phenoxy) is 3. The summed E-state index contributed by atoms with van der Waals surface area (Å²) < 4.78 is 17.7. The van der Waals surface area contributed by atoms with E-state index < -0.39 is 0 Å². The van der Waals surface area contributed by atoms with Crippen LogP contribution >= 0.6 is 23.1 Å². The third-order valence-electron chi connectivity index (χ3n) is 4.71. The standard InChI is InChI=1S/C23H22N4O4S2/c1-29-17-9-7-16(8-10-17)27-22(20-5-4-12-32-20)25-26-23(27)33-14-21(28)24-15-6-11-18(30-2)19(13-15)31-3/h4-13H,14H2,1-3H3,(H,24,28). The summed E-state index contributed by atoms with van der Waals surface area (Å²) in [6, 6.07) is 16.8. The number of carbonyl (C=O) groups excluding carboxylic acids is 1. The van der Waals surface area contributed by atoms with Crippen molar-refractivity contribution in [3.05, 3.63) is 60.0 Å². The molecule has 2 heterocycles. The Morgan fingerprint density at radius 3 is 2.45 bits per heavy atom. The quantitative estimate of drug-likeness (QED) is 0.344. The van der Waals surface area contributed by atoms with Crippen LogP contribution in [0.2, 0.25) is 0 Å². The largest absolute Gasteiger partial charge is 0.497 e. The summed E-state index contributed by atoms with van der Waals surface area (Å²) in [4.78, 5) is 13.6. The van der Waals surface area contributed by atoms with Crippen LogP contribution < -0.4 is 19.5 Å². The molecule has 1 amide bonds. The third kappa shape index (κ3) is 5.12. The van der Waals surface area contributed by atoms with Crippen molar-refractivity contribution in [2.24, 2.45) is 0 Å². The number of amides is 1. The van der Waals surface area contributed by atoms with Gasteiger partial charge in [0.1, 0.15) is 5.75 Å². The average molecular weight is 483 g/mol. The molecule has 0 bridgehead atoms. The number of rotatable bonds is 9. The first kappa shape index (κ1) is 22.7. The predicted molar refractivity (Wildman–Crippen MR) is 130 cm³/mol. The van der Waals surface area contributed by atoms with Crippen LogP contribution in [0.1, 0.15) is 0 Å². The van der Waals surface area contributed by atoms with E-state index in [0.29, 0.717) is 22.3 Å². The molecular formula is C23H22N4O4S2. The van der Waals surface area contributed by atoms with Crippen LogP contribution in [0, 0.1) is 0 Å². The zero-order chi connectivity index (χ0) is 23.2. The first-order valence-corrected chi connectivity index (χ1v) is 11.8. The van der Waals surface area contributed by atoms with Crippen molar-refractivity contribution in [3.8, 4) is 33.6 Å². The number of hydrogen-bond acceptors (Lipinski definition) is 8. The van der Waals surface area contributed by atoms with Crippen molar-refractivity contribution in [3.63, 3.8) is 0 Å². The van der Waals surface area contributed by atoms with Crippen LogP contribution in [-0.2, 0) is 4.79 Å². The third-order valence-corrected chi connectivity index (χ3v) is 6.50. The summed E-state index contributed by atoms with van der Waals surface area (Å²) in [5.41, 5.74) is 1.50. The maximum atomic E-state index is 12.6. The average Bonchev–Trinajstić information content (AvgIpc) is 3.52. The van der Waals surface area contributed by atoms with E-state index in [0.717, 1.165) is 22.1 Å². The number of methoxy groups -OCH3 is 3. The highest BCUT2D eigenvalue weighted by Crippen LogP contribution is 2.32. The fraction of sp³-hybridized carbons (Fsp3) is 0.174. The number of carbonyl (C=O) groups is 1. The summed E-state index contributed by atoms with van der Waals surface area (Å²) in [7, 11) is 4.75. The normalized spacial score (nSPS) is 10.6. The summed E-state index contributed by atoms with van der Waals surface area (Å²) in [5.74, 6) is 2.61. The van der Waals surface area contributed by atoms with E-state index in [9.17, 15) is 4.79 Å². The Kier molecular flexibility index (Phi) is 7.16. The fourth-order valence-corrected chi connectivity index (χ4v) is 4.58. The highest BCUT2D eigenvalue weighted by atomic mass is 32.2. The minimum atomic E-state index is -0.172. The number of thiophene rings is 1. The highest BCUT2D eigenvalue weighted by molar-refractivity contribution is 7.99. The van der Waals surface area contributed by atoms with E-state index in [1.807, 2.05) is 46.3 Å². The molecule has 0 radical (unpaired) electrons. The van der Waals surface area contributed by atoms with Crippen molar-refractivity contribution in [1.82, 2.24) is 14.8 Å². The summed E-state index contributed by atoms with van der Waals surface area (Å²) >= 11 is 2.89. The number of aromatic nitrogens is 3. The van der Waals surface area contributed by atoms with Crippen LogP contribution in [0.15, 0.2) is 65.1 Å². The molecule has 33 heavy (non-hydrogen) atoms. The Morgan fingerprint density at radius 2 is 1.79 bits per heavy atom. The number of anilines is 1. The van der Waals surface area contributed by atoms with Gasteiger partial charge in [-0.25, -0.2) is 0 Å². The van der Waals surface area contributed by atoms with Gasteiger partial charge in [0.05, 0.1) is 37.6 Å². The second kappa shape index (κ2) is 10.4. The van der Waals surface area contributed by atoms with Gasteiger partial charge in [-0.1, -0.05) is 17.8 Å². The van der Waals surface area contributed by atoms with Crippen LogP contribution in [0.4, 0.5) is 5.69 Å². The molecule has 0 unspecified atom stereocenters. The van der Waals surface area contributed by atoms with Gasteiger partial charge in [0.25, 0.3) is 0 Å². The predicted octanol–water partition coefficient (Wildman–Crippen LogP) is 4.75. The molecule has 8 nitrogen and oxygen atoms in total. The zero-order valence-electron chi connectivity index (χ0n) is 18.3. The van der Waals surface area contributed by atoms with E-state index in [1.165, 1.54) is 11.8 Å². The lowest BCUT2D eigenvalue weighted by Crippen LogP contribution is -2.14. The molecule has 170 valence electrons. The molecule has 0 saturated carbocycles. The molecule has 4 rings (SSSR count). The number of nitrogens with zero attached hydrogens (tertiary/aromatic N) is 3. The second-order valence-electron chi connectivity index (χ2n) is 6.72. The number of hydrogen-bond donors (Lipinski definition) is 1. The van der Waals surface area contributed by atoms with Gasteiger partial charge in [0.2, 0.25) is 5.91 Å². The molecule has 1 N–H and O–H groups in total. The van der Waals surface area contributed by atoms with Gasteiger partial charge in [-0.15, -0.1) is 21.5 Å². The number of nitrogens with one attached hydrogen (secondary N) is 1. The topological polar surface area (TPSA) is 87.5 Å². The molecule has 2 aromatic carbocycles. The van der Waals surface area contributed by atoms with Gasteiger partial charge >= 0.3 is 0 Å². The Morgan fingerprint density at radius 1 is 1.00 bits per heavy atom. The van der Waals surface area contributed by atoms with E-state index >= 15 is 0 Å². The Bertz CT molecular complexity index is 1220. The molecule has 0 atom stereocenters. The lowest BCUT2D eigenvalue weighted by atomic mass is 10.2. The van der Waals surface area contributed by atoms with Gasteiger partial charge in [-0.3, -0.25) is 9.36 Å². The molecule has 0 spiro atoms. The Balaban J connectivity index is 1.54. The second-order valence-corrected chi connectivity index (χ2v) is 8.61. The van der Waals surface area contributed by atoms with Crippen molar-refractivity contribution >= 4 is 34.7 Å². The van der Waals surface area contributed by atoms with Gasteiger partial charge in [0.15, 0.2) is 22.5 Å². The maximum Gasteiger partial charge on any atom is 0.234 e. The first-order chi connectivity index (χ1) is 16.1. The SMILES string of the molecule is COc1ccc(-n2c(SCC(=O)Nc3ccc(OC)c(OC)c3)nnc2-c2cccs2)cc1. The lowest BCUT2D eigenvalue weighted by molar-refractivity contribution is -0.113. The van der Waals surface area contributed by atoms with Crippen LogP contribution in [0.5, 0.6) is 17.2 Å². The van der Waals surface area contributed by atoms with E-state index in [2.05, 4.69) is 15.5 Å². The summed E-state index contributed by atoms with van der Waals surface area (Å²) in [5, 5.41) is 14.2. The van der Waals surface area contributed by atoms with E-state index in [1.54, 1.807) is 50.9 Å². The number of thioether (sulfide) groups is 1. The molecule has 4 aromatic rings. The minimum absolute atomic E-state index is 0.160. The molecule has 0 aliphatic carbocycles. The molecule has 0 aliphatic rings. The van der Waals surface area contributed by atoms with Crippen molar-refractivity contribution in [1.29, 1.82) is 0 Å². The van der Waals surface area contributed by atoms with Crippen molar-refractivity contribution in [2.75, 3.05) is 32.4 Å². The van der Waals surface area contributed by atoms with E-state index in [-0.39, 0.29) is 11.7 Å².